The van der Waals surface area contributed by atoms with Crippen LogP contribution in [0.4, 0.5) is 0 Å². The van der Waals surface area contributed by atoms with Gasteiger partial charge in [-0.2, -0.15) is 0 Å². The van der Waals surface area contributed by atoms with Crippen LogP contribution < -0.4 is 10.6 Å². The number of rotatable bonds is 6. The average molecular weight is 373 g/mol. The standard InChI is InChI=1S/C23H23N3O2/c27-21(25-19-13-14-24-23(19)28)12-11-18-15-20(16-7-3-1-4-8-16)26-22(18)17-9-5-2-6-10-17/h1-10,15,19,26H,11-14H2,(H,24,28)(H,25,27)/t19-/m0/s1. The Morgan fingerprint density at radius 3 is 2.32 bits per heavy atom. The first-order chi connectivity index (χ1) is 13.7. The van der Waals surface area contributed by atoms with Gasteiger partial charge in [0.15, 0.2) is 0 Å². The number of hydrogen-bond donors (Lipinski definition) is 3. The second kappa shape index (κ2) is 8.13. The van der Waals surface area contributed by atoms with E-state index >= 15 is 0 Å². The quantitative estimate of drug-likeness (QED) is 0.620. The van der Waals surface area contributed by atoms with Gasteiger partial charge in [-0.3, -0.25) is 9.59 Å². The van der Waals surface area contributed by atoms with Crippen molar-refractivity contribution in [2.24, 2.45) is 0 Å². The Bertz CT molecular complexity index is 964. The molecule has 1 aromatic heterocycles. The van der Waals surface area contributed by atoms with Crippen LogP contribution in [-0.4, -0.2) is 29.4 Å². The van der Waals surface area contributed by atoms with Crippen molar-refractivity contribution >= 4 is 11.8 Å². The third-order valence-electron chi connectivity index (χ3n) is 5.05. The molecule has 3 aromatic rings. The third kappa shape index (κ3) is 3.98. The summed E-state index contributed by atoms with van der Waals surface area (Å²) in [4.78, 5) is 27.5. The number of H-pyrrole nitrogens is 1. The second-order valence-corrected chi connectivity index (χ2v) is 7.02. The van der Waals surface area contributed by atoms with Gasteiger partial charge >= 0.3 is 0 Å². The fourth-order valence-corrected chi connectivity index (χ4v) is 3.58. The molecule has 1 aliphatic heterocycles. The lowest BCUT2D eigenvalue weighted by Crippen LogP contribution is -2.40. The molecule has 0 radical (unpaired) electrons. The topological polar surface area (TPSA) is 74.0 Å². The van der Waals surface area contributed by atoms with Gasteiger partial charge in [-0.1, -0.05) is 60.7 Å². The Kier molecular flexibility index (Phi) is 5.24. The molecule has 0 aliphatic carbocycles. The van der Waals surface area contributed by atoms with Crippen LogP contribution in [0.15, 0.2) is 66.7 Å². The molecular weight excluding hydrogens is 350 g/mol. The Morgan fingerprint density at radius 1 is 1.00 bits per heavy atom. The molecule has 4 rings (SSSR count). The van der Waals surface area contributed by atoms with E-state index in [0.717, 1.165) is 28.1 Å². The van der Waals surface area contributed by atoms with Gasteiger partial charge in [0, 0.05) is 24.4 Å². The van der Waals surface area contributed by atoms with Crippen LogP contribution in [0.1, 0.15) is 18.4 Å². The molecule has 1 fully saturated rings. The van der Waals surface area contributed by atoms with Gasteiger partial charge in [-0.05, 0) is 35.6 Å². The van der Waals surface area contributed by atoms with Crippen molar-refractivity contribution < 1.29 is 9.59 Å². The van der Waals surface area contributed by atoms with Crippen LogP contribution in [0.2, 0.25) is 0 Å². The lowest BCUT2D eigenvalue weighted by atomic mass is 10.0. The fraction of sp³-hybridized carbons (Fsp3) is 0.217. The van der Waals surface area contributed by atoms with E-state index in [0.29, 0.717) is 25.8 Å². The Balaban J connectivity index is 1.54. The van der Waals surface area contributed by atoms with E-state index in [9.17, 15) is 9.59 Å². The highest BCUT2D eigenvalue weighted by atomic mass is 16.2. The van der Waals surface area contributed by atoms with E-state index < -0.39 is 6.04 Å². The monoisotopic (exact) mass is 373 g/mol. The maximum Gasteiger partial charge on any atom is 0.242 e. The van der Waals surface area contributed by atoms with Crippen LogP contribution in [-0.2, 0) is 16.0 Å². The average Bonchev–Trinajstić information content (AvgIpc) is 3.34. The van der Waals surface area contributed by atoms with Crippen LogP contribution in [0.3, 0.4) is 0 Å². The predicted molar refractivity (Wildman–Crippen MR) is 110 cm³/mol. The molecule has 0 saturated carbocycles. The molecular formula is C23H23N3O2. The molecule has 2 heterocycles. The van der Waals surface area contributed by atoms with E-state index in [1.807, 2.05) is 36.4 Å². The SMILES string of the molecule is O=C(CCc1cc(-c2ccccc2)[nH]c1-c1ccccc1)N[C@H]1CCNC1=O. The molecule has 28 heavy (non-hydrogen) atoms. The van der Waals surface area contributed by atoms with Crippen LogP contribution in [0.25, 0.3) is 22.5 Å². The second-order valence-electron chi connectivity index (χ2n) is 7.02. The first-order valence-corrected chi connectivity index (χ1v) is 9.60. The molecule has 2 amide bonds. The number of aromatic nitrogens is 1. The molecule has 1 aliphatic rings. The van der Waals surface area contributed by atoms with Crippen molar-refractivity contribution in [3.8, 4) is 22.5 Å². The first-order valence-electron chi connectivity index (χ1n) is 9.60. The Labute approximate surface area is 164 Å². The molecule has 0 unspecified atom stereocenters. The lowest BCUT2D eigenvalue weighted by Gasteiger charge is -2.10. The zero-order chi connectivity index (χ0) is 19.3. The highest BCUT2D eigenvalue weighted by Crippen LogP contribution is 2.29. The Hall–Kier alpha value is -3.34. The summed E-state index contributed by atoms with van der Waals surface area (Å²) in [5.41, 5.74) is 5.36. The molecule has 1 atom stereocenters. The zero-order valence-electron chi connectivity index (χ0n) is 15.6. The van der Waals surface area contributed by atoms with Gasteiger partial charge in [0.2, 0.25) is 11.8 Å². The molecule has 0 bridgehead atoms. The minimum Gasteiger partial charge on any atom is -0.354 e. The summed E-state index contributed by atoms with van der Waals surface area (Å²) in [6.07, 6.45) is 1.60. The van der Waals surface area contributed by atoms with E-state index in [-0.39, 0.29) is 11.8 Å². The van der Waals surface area contributed by atoms with Crippen molar-refractivity contribution in [3.05, 3.63) is 72.3 Å². The van der Waals surface area contributed by atoms with Gasteiger partial charge in [0.05, 0.1) is 0 Å². The predicted octanol–water partition coefficient (Wildman–Crippen LogP) is 3.29. The summed E-state index contributed by atoms with van der Waals surface area (Å²) in [6, 6.07) is 22.0. The van der Waals surface area contributed by atoms with Crippen molar-refractivity contribution in [2.45, 2.75) is 25.3 Å². The summed E-state index contributed by atoms with van der Waals surface area (Å²) in [7, 11) is 0. The molecule has 2 aromatic carbocycles. The number of hydrogen-bond acceptors (Lipinski definition) is 2. The highest BCUT2D eigenvalue weighted by Gasteiger charge is 2.25. The number of carbonyl (C=O) groups excluding carboxylic acids is 2. The number of aromatic amines is 1. The van der Waals surface area contributed by atoms with E-state index in [1.54, 1.807) is 0 Å². The molecule has 0 spiro atoms. The number of carbonyl (C=O) groups is 2. The van der Waals surface area contributed by atoms with Crippen molar-refractivity contribution in [1.82, 2.24) is 15.6 Å². The van der Waals surface area contributed by atoms with E-state index in [4.69, 9.17) is 0 Å². The summed E-state index contributed by atoms with van der Waals surface area (Å²) >= 11 is 0. The lowest BCUT2D eigenvalue weighted by molar-refractivity contribution is -0.127. The van der Waals surface area contributed by atoms with Gasteiger partial charge in [0.1, 0.15) is 6.04 Å². The van der Waals surface area contributed by atoms with Gasteiger partial charge < -0.3 is 15.6 Å². The summed E-state index contributed by atoms with van der Waals surface area (Å²) in [5.74, 6) is -0.185. The zero-order valence-corrected chi connectivity index (χ0v) is 15.6. The fourth-order valence-electron chi connectivity index (χ4n) is 3.58. The normalized spacial score (nSPS) is 16.0. The number of nitrogens with one attached hydrogen (secondary N) is 3. The van der Waals surface area contributed by atoms with Crippen LogP contribution in [0.5, 0.6) is 0 Å². The van der Waals surface area contributed by atoms with E-state index in [1.165, 1.54) is 0 Å². The highest BCUT2D eigenvalue weighted by molar-refractivity contribution is 5.89. The molecule has 5 nitrogen and oxygen atoms in total. The maximum absolute atomic E-state index is 12.3. The molecule has 3 N–H and O–H groups in total. The van der Waals surface area contributed by atoms with Crippen molar-refractivity contribution in [1.29, 1.82) is 0 Å². The summed E-state index contributed by atoms with van der Waals surface area (Å²) < 4.78 is 0. The maximum atomic E-state index is 12.3. The summed E-state index contributed by atoms with van der Waals surface area (Å²) in [6.45, 7) is 0.625. The largest absolute Gasteiger partial charge is 0.354 e. The van der Waals surface area contributed by atoms with Gasteiger partial charge in [-0.25, -0.2) is 0 Å². The Morgan fingerprint density at radius 2 is 1.68 bits per heavy atom. The minimum atomic E-state index is -0.396. The summed E-state index contributed by atoms with van der Waals surface area (Å²) in [5, 5.41) is 5.58. The van der Waals surface area contributed by atoms with Gasteiger partial charge in [-0.15, -0.1) is 0 Å². The van der Waals surface area contributed by atoms with Crippen molar-refractivity contribution in [2.75, 3.05) is 6.54 Å². The smallest absolute Gasteiger partial charge is 0.242 e. The minimum absolute atomic E-state index is 0.0914. The third-order valence-corrected chi connectivity index (χ3v) is 5.05. The van der Waals surface area contributed by atoms with Crippen molar-refractivity contribution in [3.63, 3.8) is 0 Å². The van der Waals surface area contributed by atoms with Gasteiger partial charge in [0.25, 0.3) is 0 Å². The molecule has 5 heteroatoms. The van der Waals surface area contributed by atoms with E-state index in [2.05, 4.69) is 45.9 Å². The number of amides is 2. The first kappa shape index (κ1) is 18.0. The number of aryl methyl sites for hydroxylation is 1. The molecule has 1 saturated heterocycles. The van der Waals surface area contributed by atoms with Crippen LogP contribution in [0, 0.1) is 0 Å². The number of benzene rings is 2. The molecule has 142 valence electrons. The van der Waals surface area contributed by atoms with Crippen LogP contribution >= 0.6 is 0 Å².